The van der Waals surface area contributed by atoms with Gasteiger partial charge in [0.2, 0.25) is 5.95 Å². The number of hydrogen-bond donors (Lipinski definition) is 5. The number of benzene rings is 1. The van der Waals surface area contributed by atoms with Crippen molar-refractivity contribution in [2.45, 2.75) is 76.5 Å². The van der Waals surface area contributed by atoms with E-state index in [1.165, 1.54) is 0 Å². The molecule has 276 valence electrons. The first-order chi connectivity index (χ1) is 24.9. The maximum atomic E-state index is 13.2. The zero-order valence-corrected chi connectivity index (χ0v) is 29.3. The van der Waals surface area contributed by atoms with Gasteiger partial charge in [0.25, 0.3) is 0 Å². The van der Waals surface area contributed by atoms with Crippen LogP contribution in [0.2, 0.25) is 0 Å². The van der Waals surface area contributed by atoms with E-state index in [0.29, 0.717) is 43.1 Å². The number of aliphatic hydroxyl groups is 5. The number of aliphatic imine (C=N–C) groups is 1. The molecule has 3 aliphatic heterocycles. The van der Waals surface area contributed by atoms with E-state index in [1.807, 2.05) is 59.7 Å². The number of carbonyl (C=O) groups excluding carboxylic acids is 1. The minimum absolute atomic E-state index is 0.00296. The number of ether oxygens (including phenoxy) is 3. The van der Waals surface area contributed by atoms with E-state index in [1.54, 1.807) is 18.6 Å². The molecule has 2 aliphatic carbocycles. The zero-order chi connectivity index (χ0) is 36.5. The molecule has 2 saturated carbocycles. The van der Waals surface area contributed by atoms with Crippen molar-refractivity contribution in [1.82, 2.24) is 19.1 Å². The van der Waals surface area contributed by atoms with Crippen molar-refractivity contribution in [2.75, 3.05) is 13.2 Å². The summed E-state index contributed by atoms with van der Waals surface area (Å²) in [7, 11) is 1.94. The molecule has 11 atom stereocenters. The first kappa shape index (κ1) is 35.0. The van der Waals surface area contributed by atoms with Crippen LogP contribution in [0, 0.1) is 28.6 Å². The molecule has 5 heterocycles. The molecule has 8 rings (SSSR count). The molecule has 0 radical (unpaired) electrons. The summed E-state index contributed by atoms with van der Waals surface area (Å²) >= 11 is 0. The number of rotatable bonds is 7. The Balaban J connectivity index is 1.11. The molecular weight excluding hydrogens is 670 g/mol. The summed E-state index contributed by atoms with van der Waals surface area (Å²) in [6.07, 6.45) is 6.99. The van der Waals surface area contributed by atoms with Gasteiger partial charge in [0.05, 0.1) is 42.3 Å². The molecule has 3 aromatic rings. The van der Waals surface area contributed by atoms with Crippen LogP contribution < -0.4 is 0 Å². The lowest BCUT2D eigenvalue weighted by atomic mass is 9.45. The highest BCUT2D eigenvalue weighted by Gasteiger charge is 2.61. The fraction of sp³-hybridized carbons (Fsp3) is 0.526. The zero-order valence-electron chi connectivity index (χ0n) is 29.3. The number of fused-ring (bicyclic) bond motifs is 4. The van der Waals surface area contributed by atoms with E-state index in [-0.39, 0.29) is 29.8 Å². The van der Waals surface area contributed by atoms with Crippen LogP contribution in [0.25, 0.3) is 17.1 Å². The van der Waals surface area contributed by atoms with E-state index in [0.717, 1.165) is 22.3 Å². The summed E-state index contributed by atoms with van der Waals surface area (Å²) in [5, 5.41) is 52.4. The number of aryl methyl sites for hydroxylation is 1. The highest BCUT2D eigenvalue weighted by Crippen LogP contribution is 2.62. The Morgan fingerprint density at radius 3 is 2.73 bits per heavy atom. The molecule has 14 nitrogen and oxygen atoms in total. The molecule has 14 heteroatoms. The van der Waals surface area contributed by atoms with Crippen LogP contribution in [0.15, 0.2) is 71.5 Å². The highest BCUT2D eigenvalue weighted by atomic mass is 16.7. The maximum absolute atomic E-state index is 13.2. The van der Waals surface area contributed by atoms with Gasteiger partial charge in [-0.3, -0.25) is 0 Å². The Morgan fingerprint density at radius 2 is 1.94 bits per heavy atom. The van der Waals surface area contributed by atoms with Crippen LogP contribution in [-0.2, 0) is 32.6 Å². The third-order valence-corrected chi connectivity index (χ3v) is 12.4. The van der Waals surface area contributed by atoms with Gasteiger partial charge in [-0.05, 0) is 66.4 Å². The van der Waals surface area contributed by atoms with Gasteiger partial charge in [0, 0.05) is 43.0 Å². The van der Waals surface area contributed by atoms with Crippen molar-refractivity contribution in [3.63, 3.8) is 0 Å². The van der Waals surface area contributed by atoms with Crippen molar-refractivity contribution in [2.24, 2.45) is 40.6 Å². The first-order valence-corrected chi connectivity index (χ1v) is 17.8. The number of aromatic nitrogens is 4. The second-order valence-corrected chi connectivity index (χ2v) is 15.4. The van der Waals surface area contributed by atoms with Crippen LogP contribution in [0.5, 0.6) is 0 Å². The SMILES string of the molecule is Cn1cnc2cc(/C=C3C=C(/C=C/C4C5Cn6ccnc6N=C5CC5[C@]4(C)CC[C@@H](OC4OC(CO)C(O)C(O)C4O)[C@@]5(C)CO)C(=O)O\3)ccc21. The third kappa shape index (κ3) is 5.68. The van der Waals surface area contributed by atoms with Gasteiger partial charge in [0.15, 0.2) is 6.29 Å². The molecule has 8 unspecified atom stereocenters. The van der Waals surface area contributed by atoms with E-state index in [4.69, 9.17) is 19.2 Å². The number of allylic oxidation sites excluding steroid dienone is 2. The van der Waals surface area contributed by atoms with Gasteiger partial charge in [0.1, 0.15) is 30.2 Å². The van der Waals surface area contributed by atoms with Gasteiger partial charge in [-0.2, -0.15) is 0 Å². The Morgan fingerprint density at radius 1 is 1.12 bits per heavy atom. The third-order valence-electron chi connectivity index (χ3n) is 12.4. The standard InChI is InChI=1S/C38H45N5O9/c1-37-9-8-30(52-35-33(48)32(47)31(46)28(17-44)51-35)38(2,18-45)29(37)15-25-23(16-43-11-10-39-36(43)41-25)24(37)6-5-21-14-22(50-34(21)49)12-20-4-7-27-26(13-20)40-19-42(27)3/h4-7,10-14,19,23-24,28-33,35,44-48H,8-9,15-18H2,1-3H3/b6-5+,22-12+/t23?,24?,28?,29?,30-,31?,32?,33?,35?,37-,38+/m1/s1. The molecule has 1 saturated heterocycles. The fourth-order valence-corrected chi connectivity index (χ4v) is 9.40. The Kier molecular flexibility index (Phi) is 8.84. The van der Waals surface area contributed by atoms with Crippen molar-refractivity contribution >= 4 is 34.7 Å². The minimum Gasteiger partial charge on any atom is -0.423 e. The van der Waals surface area contributed by atoms with Gasteiger partial charge >= 0.3 is 5.97 Å². The number of imidazole rings is 2. The summed E-state index contributed by atoms with van der Waals surface area (Å²) in [5.74, 6) is 0.353. The molecule has 5 N–H and O–H groups in total. The highest BCUT2D eigenvalue weighted by molar-refractivity contribution is 5.97. The van der Waals surface area contributed by atoms with Crippen molar-refractivity contribution in [1.29, 1.82) is 0 Å². The molecule has 0 amide bonds. The Bertz CT molecular complexity index is 2000. The first-order valence-electron chi connectivity index (χ1n) is 17.8. The van der Waals surface area contributed by atoms with E-state index >= 15 is 0 Å². The van der Waals surface area contributed by atoms with Gasteiger partial charge in [-0.1, -0.05) is 32.1 Å². The van der Waals surface area contributed by atoms with Gasteiger partial charge < -0.3 is 48.9 Å². The second kappa shape index (κ2) is 13.1. The van der Waals surface area contributed by atoms with E-state index in [2.05, 4.69) is 23.0 Å². The largest absolute Gasteiger partial charge is 0.423 e. The summed E-state index contributed by atoms with van der Waals surface area (Å²) in [4.78, 5) is 27.1. The van der Waals surface area contributed by atoms with E-state index in [9.17, 15) is 30.3 Å². The monoisotopic (exact) mass is 715 g/mol. The molecule has 5 aliphatic rings. The average Bonchev–Trinajstić information content (AvgIpc) is 3.85. The normalized spacial score (nSPS) is 38.2. The Labute approximate surface area is 300 Å². The number of nitrogens with zero attached hydrogens (tertiary/aromatic N) is 5. The van der Waals surface area contributed by atoms with E-state index < -0.39 is 54.8 Å². The van der Waals surface area contributed by atoms with Crippen LogP contribution in [0.1, 0.15) is 38.7 Å². The smallest absolute Gasteiger partial charge is 0.343 e. The van der Waals surface area contributed by atoms with Crippen LogP contribution in [-0.4, -0.2) is 106 Å². The topological polar surface area (TPSA) is 194 Å². The summed E-state index contributed by atoms with van der Waals surface area (Å²) in [6, 6.07) is 5.89. The lowest BCUT2D eigenvalue weighted by Gasteiger charge is -2.62. The molecule has 0 spiro atoms. The number of hydrogen-bond acceptors (Lipinski definition) is 12. The maximum Gasteiger partial charge on any atom is 0.343 e. The van der Waals surface area contributed by atoms with Crippen molar-refractivity contribution in [3.8, 4) is 0 Å². The average molecular weight is 716 g/mol. The fourth-order valence-electron chi connectivity index (χ4n) is 9.40. The molecule has 0 bridgehead atoms. The second-order valence-electron chi connectivity index (χ2n) is 15.4. The number of aliphatic hydroxyl groups excluding tert-OH is 5. The quantitative estimate of drug-likeness (QED) is 0.178. The summed E-state index contributed by atoms with van der Waals surface area (Å²) < 4.78 is 21.8. The predicted molar refractivity (Wildman–Crippen MR) is 188 cm³/mol. The predicted octanol–water partition coefficient (Wildman–Crippen LogP) is 2.17. The molecule has 52 heavy (non-hydrogen) atoms. The minimum atomic E-state index is -1.58. The van der Waals surface area contributed by atoms with Gasteiger partial charge in [-0.25, -0.2) is 19.8 Å². The molecule has 1 aromatic carbocycles. The molecule has 2 aromatic heterocycles. The number of carbonyl (C=O) groups is 1. The summed E-state index contributed by atoms with van der Waals surface area (Å²) in [5.41, 5.74) is 2.86. The molecular formula is C38H45N5O9. The van der Waals surface area contributed by atoms with Crippen LogP contribution >= 0.6 is 0 Å². The van der Waals surface area contributed by atoms with Crippen molar-refractivity contribution in [3.05, 3.63) is 72.0 Å². The lowest BCUT2D eigenvalue weighted by molar-refractivity contribution is -0.329. The van der Waals surface area contributed by atoms with Crippen molar-refractivity contribution < 1.29 is 44.5 Å². The summed E-state index contributed by atoms with van der Waals surface area (Å²) in [6.45, 7) is 4.04. The van der Waals surface area contributed by atoms with Crippen LogP contribution in [0.4, 0.5) is 5.95 Å². The Hall–Kier alpha value is -4.02. The van der Waals surface area contributed by atoms with Crippen LogP contribution in [0.3, 0.4) is 0 Å². The molecule has 3 fully saturated rings. The number of esters is 1. The lowest BCUT2D eigenvalue weighted by Crippen LogP contribution is -2.64. The number of cyclic esters (lactones) is 1. The van der Waals surface area contributed by atoms with Gasteiger partial charge in [-0.15, -0.1) is 0 Å².